The van der Waals surface area contributed by atoms with Crippen LogP contribution in [0.25, 0.3) is 0 Å². The molecule has 2 N–H and O–H groups in total. The Hall–Kier alpha value is -3.61. The van der Waals surface area contributed by atoms with Crippen molar-refractivity contribution in [2.24, 2.45) is 0 Å². The van der Waals surface area contributed by atoms with Crippen LogP contribution >= 0.6 is 0 Å². The number of anilines is 3. The third-order valence-electron chi connectivity index (χ3n) is 4.36. The minimum atomic E-state index is -0.343. The topological polar surface area (TPSA) is 85.4 Å². The number of nitrogens with zero attached hydrogens (tertiary/aromatic N) is 2. The SMILES string of the molecule is CCc1ccccc1Nc1ccc(C(=O)Nc2ccc3c(c2)OCCO3)nn1. The molecule has 0 saturated carbocycles. The van der Waals surface area contributed by atoms with Gasteiger partial charge >= 0.3 is 0 Å². The van der Waals surface area contributed by atoms with Crippen LogP contribution in [-0.2, 0) is 6.42 Å². The van der Waals surface area contributed by atoms with Crippen LogP contribution < -0.4 is 20.1 Å². The van der Waals surface area contributed by atoms with Gasteiger partial charge in [0.05, 0.1) is 0 Å². The Morgan fingerprint density at radius 2 is 1.82 bits per heavy atom. The highest BCUT2D eigenvalue weighted by Gasteiger charge is 2.14. The molecule has 0 aliphatic carbocycles. The van der Waals surface area contributed by atoms with Gasteiger partial charge in [-0.05, 0) is 42.3 Å². The summed E-state index contributed by atoms with van der Waals surface area (Å²) in [6.45, 7) is 3.11. The number of para-hydroxylation sites is 1. The maximum absolute atomic E-state index is 12.4. The molecule has 2 aromatic carbocycles. The van der Waals surface area contributed by atoms with E-state index in [1.165, 1.54) is 5.56 Å². The zero-order valence-corrected chi connectivity index (χ0v) is 15.4. The minimum absolute atomic E-state index is 0.226. The van der Waals surface area contributed by atoms with Gasteiger partial charge in [0.15, 0.2) is 23.0 Å². The quantitative estimate of drug-likeness (QED) is 0.704. The van der Waals surface area contributed by atoms with Gasteiger partial charge in [-0.3, -0.25) is 4.79 Å². The molecule has 0 saturated heterocycles. The summed E-state index contributed by atoms with van der Waals surface area (Å²) >= 11 is 0. The average Bonchev–Trinajstić information content (AvgIpc) is 2.74. The second-order valence-electron chi connectivity index (χ2n) is 6.25. The molecule has 2 heterocycles. The molecule has 7 nitrogen and oxygen atoms in total. The number of carbonyl (C=O) groups is 1. The molecule has 3 aromatic rings. The predicted octanol–water partition coefficient (Wildman–Crippen LogP) is 3.81. The summed E-state index contributed by atoms with van der Waals surface area (Å²) in [5.41, 5.74) is 3.00. The highest BCUT2D eigenvalue weighted by Crippen LogP contribution is 2.32. The third-order valence-corrected chi connectivity index (χ3v) is 4.36. The molecule has 1 amide bonds. The fourth-order valence-electron chi connectivity index (χ4n) is 2.92. The second-order valence-corrected chi connectivity index (χ2v) is 6.25. The molecular formula is C21H20N4O3. The Morgan fingerprint density at radius 1 is 1.00 bits per heavy atom. The van der Waals surface area contributed by atoms with Crippen LogP contribution in [0.3, 0.4) is 0 Å². The van der Waals surface area contributed by atoms with E-state index in [1.807, 2.05) is 18.2 Å². The summed E-state index contributed by atoms with van der Waals surface area (Å²) < 4.78 is 11.0. The van der Waals surface area contributed by atoms with Crippen molar-refractivity contribution in [1.82, 2.24) is 10.2 Å². The van der Waals surface area contributed by atoms with E-state index in [9.17, 15) is 4.79 Å². The van der Waals surface area contributed by atoms with Gasteiger partial charge in [-0.25, -0.2) is 0 Å². The van der Waals surface area contributed by atoms with Crippen molar-refractivity contribution < 1.29 is 14.3 Å². The highest BCUT2D eigenvalue weighted by molar-refractivity contribution is 6.03. The summed E-state index contributed by atoms with van der Waals surface area (Å²) in [5.74, 6) is 1.53. The smallest absolute Gasteiger partial charge is 0.276 e. The van der Waals surface area contributed by atoms with Gasteiger partial charge < -0.3 is 20.1 Å². The summed E-state index contributed by atoms with van der Waals surface area (Å²) in [7, 11) is 0. The minimum Gasteiger partial charge on any atom is -0.486 e. The van der Waals surface area contributed by atoms with E-state index in [0.717, 1.165) is 12.1 Å². The van der Waals surface area contributed by atoms with Gasteiger partial charge in [-0.1, -0.05) is 25.1 Å². The van der Waals surface area contributed by atoms with E-state index < -0.39 is 0 Å². The highest BCUT2D eigenvalue weighted by atomic mass is 16.6. The van der Waals surface area contributed by atoms with E-state index in [1.54, 1.807) is 30.3 Å². The van der Waals surface area contributed by atoms with E-state index in [0.29, 0.717) is 36.2 Å². The molecular weight excluding hydrogens is 356 g/mol. The lowest BCUT2D eigenvalue weighted by Gasteiger charge is -2.18. The fourth-order valence-corrected chi connectivity index (χ4v) is 2.92. The lowest BCUT2D eigenvalue weighted by Crippen LogP contribution is -2.17. The number of aromatic nitrogens is 2. The Labute approximate surface area is 162 Å². The number of benzene rings is 2. The van der Waals surface area contributed by atoms with Crippen molar-refractivity contribution in [3.63, 3.8) is 0 Å². The van der Waals surface area contributed by atoms with Crippen LogP contribution in [-0.4, -0.2) is 29.3 Å². The molecule has 7 heteroatoms. The standard InChI is InChI=1S/C21H20N4O3/c1-2-14-5-3-4-6-16(14)23-20-10-8-17(24-25-20)21(26)22-15-7-9-18-19(13-15)28-12-11-27-18/h3-10,13H,2,11-12H2,1H3,(H,22,26)(H,23,25). The second kappa shape index (κ2) is 7.96. The van der Waals surface area contributed by atoms with Crippen LogP contribution in [0.4, 0.5) is 17.2 Å². The van der Waals surface area contributed by atoms with Gasteiger partial charge in [-0.2, -0.15) is 0 Å². The van der Waals surface area contributed by atoms with Gasteiger partial charge in [0, 0.05) is 17.4 Å². The molecule has 0 fully saturated rings. The normalized spacial score (nSPS) is 12.3. The number of ether oxygens (including phenoxy) is 2. The van der Waals surface area contributed by atoms with E-state index in [4.69, 9.17) is 9.47 Å². The summed E-state index contributed by atoms with van der Waals surface area (Å²) in [5, 5.41) is 14.2. The first kappa shape index (κ1) is 17.8. The van der Waals surface area contributed by atoms with Crippen molar-refractivity contribution >= 4 is 23.1 Å². The molecule has 0 bridgehead atoms. The van der Waals surface area contributed by atoms with Crippen LogP contribution in [0.5, 0.6) is 11.5 Å². The van der Waals surface area contributed by atoms with E-state index in [2.05, 4.69) is 33.8 Å². The zero-order chi connectivity index (χ0) is 19.3. The first-order valence-corrected chi connectivity index (χ1v) is 9.12. The predicted molar refractivity (Wildman–Crippen MR) is 107 cm³/mol. The molecule has 1 aliphatic rings. The van der Waals surface area contributed by atoms with Crippen LogP contribution in [0.2, 0.25) is 0 Å². The van der Waals surface area contributed by atoms with Crippen molar-refractivity contribution in [2.45, 2.75) is 13.3 Å². The summed E-state index contributed by atoms with van der Waals surface area (Å²) in [6.07, 6.45) is 0.909. The van der Waals surface area contributed by atoms with Crippen LogP contribution in [0.15, 0.2) is 54.6 Å². The number of amides is 1. The fraction of sp³-hybridized carbons (Fsp3) is 0.190. The molecule has 0 unspecified atom stereocenters. The number of nitrogens with one attached hydrogen (secondary N) is 2. The summed E-state index contributed by atoms with van der Waals surface area (Å²) in [4.78, 5) is 12.4. The van der Waals surface area contributed by atoms with E-state index >= 15 is 0 Å². The Balaban J connectivity index is 1.44. The number of carbonyl (C=O) groups excluding carboxylic acids is 1. The molecule has 4 rings (SSSR count). The van der Waals surface area contributed by atoms with Crippen molar-refractivity contribution in [2.75, 3.05) is 23.8 Å². The third kappa shape index (κ3) is 3.88. The zero-order valence-electron chi connectivity index (χ0n) is 15.4. The molecule has 28 heavy (non-hydrogen) atoms. The Morgan fingerprint density at radius 3 is 2.61 bits per heavy atom. The van der Waals surface area contributed by atoms with Crippen LogP contribution in [0, 0.1) is 0 Å². The maximum Gasteiger partial charge on any atom is 0.276 e. The average molecular weight is 376 g/mol. The van der Waals surface area contributed by atoms with E-state index in [-0.39, 0.29) is 11.6 Å². The maximum atomic E-state index is 12.4. The molecule has 1 aliphatic heterocycles. The van der Waals surface area contributed by atoms with Crippen molar-refractivity contribution in [3.8, 4) is 11.5 Å². The first-order valence-electron chi connectivity index (χ1n) is 9.12. The lowest BCUT2D eigenvalue weighted by atomic mass is 10.1. The monoisotopic (exact) mass is 376 g/mol. The Bertz CT molecular complexity index is 989. The van der Waals surface area contributed by atoms with Crippen LogP contribution in [0.1, 0.15) is 23.0 Å². The van der Waals surface area contributed by atoms with Gasteiger partial charge in [-0.15, -0.1) is 10.2 Å². The molecule has 0 spiro atoms. The first-order chi connectivity index (χ1) is 13.7. The van der Waals surface area contributed by atoms with Gasteiger partial charge in [0.1, 0.15) is 13.2 Å². The van der Waals surface area contributed by atoms with Gasteiger partial charge in [0.25, 0.3) is 5.91 Å². The Kier molecular flexibility index (Phi) is 5.05. The number of hydrogen-bond donors (Lipinski definition) is 2. The lowest BCUT2D eigenvalue weighted by molar-refractivity contribution is 0.102. The number of aryl methyl sites for hydroxylation is 1. The largest absolute Gasteiger partial charge is 0.486 e. The number of fused-ring (bicyclic) bond motifs is 1. The molecule has 142 valence electrons. The molecule has 0 radical (unpaired) electrons. The number of hydrogen-bond acceptors (Lipinski definition) is 6. The van der Waals surface area contributed by atoms with Crippen molar-refractivity contribution in [1.29, 1.82) is 0 Å². The van der Waals surface area contributed by atoms with Crippen molar-refractivity contribution in [3.05, 3.63) is 65.9 Å². The number of rotatable bonds is 5. The molecule has 1 aromatic heterocycles. The molecule has 0 atom stereocenters. The van der Waals surface area contributed by atoms with Gasteiger partial charge in [0.2, 0.25) is 0 Å². The summed E-state index contributed by atoms with van der Waals surface area (Å²) in [6, 6.07) is 16.6.